The molecule has 0 radical (unpaired) electrons. The Hall–Kier alpha value is -0.250. The summed E-state index contributed by atoms with van der Waals surface area (Å²) in [6.07, 6.45) is 0. The highest BCUT2D eigenvalue weighted by atomic mass is 79.9. The molecule has 5 heteroatoms. The molecule has 1 N–H and O–H groups in total. The molecule has 2 nitrogen and oxygen atoms in total. The van der Waals surface area contributed by atoms with Gasteiger partial charge in [0.15, 0.2) is 0 Å². The highest BCUT2D eigenvalue weighted by Gasteiger charge is 2.06. The van der Waals surface area contributed by atoms with Crippen LogP contribution in [-0.4, -0.2) is 11.2 Å². The number of amides is 1. The summed E-state index contributed by atoms with van der Waals surface area (Å²) in [5, 5.41) is 4.07. The van der Waals surface area contributed by atoms with Gasteiger partial charge in [-0.1, -0.05) is 45.2 Å². The lowest BCUT2D eigenvalue weighted by molar-refractivity contribution is -0.118. The number of hydrogen-bond donors (Lipinski definition) is 1. The first-order valence-corrected chi connectivity index (χ1v) is 5.78. The van der Waals surface area contributed by atoms with Gasteiger partial charge in [-0.3, -0.25) is 4.79 Å². The zero-order valence-electron chi connectivity index (χ0n) is 7.19. The van der Waals surface area contributed by atoms with Gasteiger partial charge in [0.2, 0.25) is 5.91 Å². The number of carbonyl (C=O) groups excluding carboxylic acids is 1. The van der Waals surface area contributed by atoms with Crippen molar-refractivity contribution in [3.63, 3.8) is 0 Å². The second-order valence-electron chi connectivity index (χ2n) is 2.61. The molecule has 0 atom stereocenters. The lowest BCUT2D eigenvalue weighted by Crippen LogP contribution is -2.23. The van der Waals surface area contributed by atoms with Gasteiger partial charge in [0.05, 0.1) is 5.33 Å². The zero-order valence-corrected chi connectivity index (χ0v) is 10.3. The third-order valence-corrected chi connectivity index (χ3v) is 2.86. The zero-order chi connectivity index (χ0) is 10.6. The first kappa shape index (κ1) is 11.8. The van der Waals surface area contributed by atoms with Gasteiger partial charge in [0.1, 0.15) is 0 Å². The van der Waals surface area contributed by atoms with Crippen LogP contribution >= 0.6 is 39.1 Å². The molecule has 0 aliphatic heterocycles. The molecule has 0 unspecified atom stereocenters. The third kappa shape index (κ3) is 3.15. The number of benzene rings is 1. The Morgan fingerprint density at radius 1 is 1.36 bits per heavy atom. The maximum atomic E-state index is 11.0. The first-order valence-electron chi connectivity index (χ1n) is 3.90. The minimum atomic E-state index is -0.0963. The maximum absolute atomic E-state index is 11.0. The number of rotatable bonds is 3. The molecule has 1 amide bonds. The fourth-order valence-electron chi connectivity index (χ4n) is 0.935. The van der Waals surface area contributed by atoms with Crippen LogP contribution in [0.5, 0.6) is 0 Å². The van der Waals surface area contributed by atoms with Gasteiger partial charge in [-0.2, -0.15) is 0 Å². The highest BCUT2D eigenvalue weighted by molar-refractivity contribution is 9.09. The van der Waals surface area contributed by atoms with E-state index < -0.39 is 0 Å². The molecule has 0 saturated heterocycles. The van der Waals surface area contributed by atoms with Crippen LogP contribution in [0.2, 0.25) is 10.0 Å². The summed E-state index contributed by atoms with van der Waals surface area (Å²) in [4.78, 5) is 11.0. The second-order valence-corrected chi connectivity index (χ2v) is 3.99. The van der Waals surface area contributed by atoms with Crippen LogP contribution in [0.25, 0.3) is 0 Å². The van der Waals surface area contributed by atoms with E-state index in [4.69, 9.17) is 23.2 Å². The first-order chi connectivity index (χ1) is 6.65. The van der Waals surface area contributed by atoms with Crippen molar-refractivity contribution in [3.05, 3.63) is 33.8 Å². The van der Waals surface area contributed by atoms with E-state index in [-0.39, 0.29) is 11.2 Å². The highest BCUT2D eigenvalue weighted by Crippen LogP contribution is 2.23. The second kappa shape index (κ2) is 5.59. The predicted molar refractivity (Wildman–Crippen MR) is 62.1 cm³/mol. The number of alkyl halides is 1. The molecule has 0 heterocycles. The van der Waals surface area contributed by atoms with Crippen molar-refractivity contribution in [2.24, 2.45) is 0 Å². The SMILES string of the molecule is O=C(CBr)NCc1c(Cl)cccc1Cl. The summed E-state index contributed by atoms with van der Waals surface area (Å²) in [6.45, 7) is 0.350. The van der Waals surface area contributed by atoms with Crippen LogP contribution in [-0.2, 0) is 11.3 Å². The summed E-state index contributed by atoms with van der Waals surface area (Å²) in [5.41, 5.74) is 0.741. The van der Waals surface area contributed by atoms with E-state index in [0.717, 1.165) is 5.56 Å². The van der Waals surface area contributed by atoms with E-state index >= 15 is 0 Å². The molecule has 0 spiro atoms. The molecule has 1 rings (SSSR count). The minimum Gasteiger partial charge on any atom is -0.351 e. The summed E-state index contributed by atoms with van der Waals surface area (Å²) in [7, 11) is 0. The van der Waals surface area contributed by atoms with E-state index in [1.54, 1.807) is 18.2 Å². The van der Waals surface area contributed by atoms with Gasteiger partial charge in [-0.05, 0) is 12.1 Å². The quantitative estimate of drug-likeness (QED) is 0.854. The van der Waals surface area contributed by atoms with Gasteiger partial charge in [0.25, 0.3) is 0 Å². The Balaban J connectivity index is 2.71. The number of carbonyl (C=O) groups is 1. The predicted octanol–water partition coefficient (Wildman–Crippen LogP) is 3.00. The molecule has 0 aromatic heterocycles. The van der Waals surface area contributed by atoms with Crippen LogP contribution < -0.4 is 5.32 Å². The lowest BCUT2D eigenvalue weighted by Gasteiger charge is -2.07. The Morgan fingerprint density at radius 3 is 2.43 bits per heavy atom. The van der Waals surface area contributed by atoms with Gasteiger partial charge < -0.3 is 5.32 Å². The van der Waals surface area contributed by atoms with E-state index in [9.17, 15) is 4.79 Å². The Bertz CT molecular complexity index is 323. The summed E-state index contributed by atoms with van der Waals surface area (Å²) in [6, 6.07) is 5.24. The van der Waals surface area contributed by atoms with Crippen molar-refractivity contribution in [2.75, 3.05) is 5.33 Å². The smallest absolute Gasteiger partial charge is 0.230 e. The molecule has 0 fully saturated rings. The van der Waals surface area contributed by atoms with Crippen LogP contribution in [0.1, 0.15) is 5.56 Å². The van der Waals surface area contributed by atoms with E-state index in [0.29, 0.717) is 16.6 Å². The summed E-state index contributed by atoms with van der Waals surface area (Å²) in [5.74, 6) is -0.0963. The van der Waals surface area contributed by atoms with E-state index in [1.807, 2.05) is 0 Å². The monoisotopic (exact) mass is 295 g/mol. The van der Waals surface area contributed by atoms with Crippen LogP contribution in [0.3, 0.4) is 0 Å². The third-order valence-electron chi connectivity index (χ3n) is 1.65. The van der Waals surface area contributed by atoms with Crippen molar-refractivity contribution in [1.29, 1.82) is 0 Å². The largest absolute Gasteiger partial charge is 0.351 e. The molecule has 0 saturated carbocycles. The molecule has 76 valence electrons. The number of hydrogen-bond acceptors (Lipinski definition) is 1. The van der Waals surface area contributed by atoms with Crippen molar-refractivity contribution in [1.82, 2.24) is 5.32 Å². The molecule has 0 aliphatic carbocycles. The van der Waals surface area contributed by atoms with Crippen LogP contribution in [0, 0.1) is 0 Å². The fraction of sp³-hybridized carbons (Fsp3) is 0.222. The topological polar surface area (TPSA) is 29.1 Å². The molecule has 14 heavy (non-hydrogen) atoms. The molecule has 0 bridgehead atoms. The Labute approximate surface area is 101 Å². The van der Waals surface area contributed by atoms with Crippen molar-refractivity contribution in [3.8, 4) is 0 Å². The standard InChI is InChI=1S/C9H8BrCl2NO/c10-4-9(14)13-5-6-7(11)2-1-3-8(6)12/h1-3H,4-5H2,(H,13,14). The van der Waals surface area contributed by atoms with Crippen LogP contribution in [0.15, 0.2) is 18.2 Å². The maximum Gasteiger partial charge on any atom is 0.230 e. The van der Waals surface area contributed by atoms with E-state index in [2.05, 4.69) is 21.2 Å². The van der Waals surface area contributed by atoms with Gasteiger partial charge in [0, 0.05) is 22.2 Å². The molecular weight excluding hydrogens is 289 g/mol. The average Bonchev–Trinajstić information content (AvgIpc) is 2.16. The molecule has 0 aliphatic rings. The molecular formula is C9H8BrCl2NO. The fourth-order valence-corrected chi connectivity index (χ4v) is 1.66. The minimum absolute atomic E-state index is 0.0963. The molecule has 1 aromatic carbocycles. The Morgan fingerprint density at radius 2 is 1.93 bits per heavy atom. The van der Waals surface area contributed by atoms with Gasteiger partial charge in [-0.15, -0.1) is 0 Å². The van der Waals surface area contributed by atoms with Crippen molar-refractivity contribution in [2.45, 2.75) is 6.54 Å². The van der Waals surface area contributed by atoms with E-state index in [1.165, 1.54) is 0 Å². The van der Waals surface area contributed by atoms with Gasteiger partial charge >= 0.3 is 0 Å². The van der Waals surface area contributed by atoms with Gasteiger partial charge in [-0.25, -0.2) is 0 Å². The summed E-state index contributed by atoms with van der Waals surface area (Å²) < 4.78 is 0. The average molecular weight is 297 g/mol. The number of nitrogens with one attached hydrogen (secondary N) is 1. The summed E-state index contributed by atoms with van der Waals surface area (Å²) >= 11 is 14.9. The normalized spacial score (nSPS) is 9.93. The van der Waals surface area contributed by atoms with Crippen LogP contribution in [0.4, 0.5) is 0 Å². The Kier molecular flexibility index (Phi) is 4.72. The lowest BCUT2D eigenvalue weighted by atomic mass is 10.2. The molecule has 1 aromatic rings. The van der Waals surface area contributed by atoms with Crippen molar-refractivity contribution < 1.29 is 4.79 Å². The number of halogens is 3. The van der Waals surface area contributed by atoms with Crippen molar-refractivity contribution >= 4 is 45.0 Å².